The number of aryl methyl sites for hydroxylation is 1. The van der Waals surface area contributed by atoms with Gasteiger partial charge in [-0.1, -0.05) is 70.1 Å². The summed E-state index contributed by atoms with van der Waals surface area (Å²) in [6, 6.07) is 0.655. The van der Waals surface area contributed by atoms with E-state index in [2.05, 4.69) is 21.1 Å². The summed E-state index contributed by atoms with van der Waals surface area (Å²) in [4.78, 5) is 76.0. The van der Waals surface area contributed by atoms with Gasteiger partial charge in [0.1, 0.15) is 17.8 Å². The fourth-order valence-electron chi connectivity index (χ4n) is 7.72. The van der Waals surface area contributed by atoms with Gasteiger partial charge >= 0.3 is 0 Å². The van der Waals surface area contributed by atoms with Crippen molar-refractivity contribution in [2.75, 3.05) is 6.54 Å². The van der Waals surface area contributed by atoms with Gasteiger partial charge in [-0.25, -0.2) is 0 Å². The first-order chi connectivity index (χ1) is 25.0. The molecule has 0 unspecified atom stereocenters. The lowest BCUT2D eigenvalue weighted by molar-refractivity contribution is -0.145. The fraction of sp³-hybridized carbons (Fsp3) is 0.700. The van der Waals surface area contributed by atoms with E-state index >= 15 is 0 Å². The van der Waals surface area contributed by atoms with E-state index in [-0.39, 0.29) is 49.8 Å². The molecule has 0 radical (unpaired) electrons. The summed E-state index contributed by atoms with van der Waals surface area (Å²) in [5.74, 6) is -1.71. The lowest BCUT2D eigenvalue weighted by Crippen LogP contribution is -2.59. The summed E-state index contributed by atoms with van der Waals surface area (Å²) in [6.07, 6.45) is 8.48. The summed E-state index contributed by atoms with van der Waals surface area (Å²) in [7, 11) is 0. The molecule has 3 N–H and O–H groups in total. The Bertz CT molecular complexity index is 1570. The second kappa shape index (κ2) is 16.8. The fourth-order valence-corrected chi connectivity index (χ4v) is 8.03. The molecule has 292 valence electrons. The van der Waals surface area contributed by atoms with Gasteiger partial charge in [-0.2, -0.15) is 0 Å². The highest BCUT2D eigenvalue weighted by Gasteiger charge is 2.56. The molecule has 2 aliphatic heterocycles. The number of amides is 4. The van der Waals surface area contributed by atoms with Crippen molar-refractivity contribution in [3.05, 3.63) is 28.3 Å². The third-order valence-electron chi connectivity index (χ3n) is 10.7. The van der Waals surface area contributed by atoms with Gasteiger partial charge in [0.25, 0.3) is 5.91 Å². The number of hydrogen-bond donors (Lipinski definition) is 3. The molecular weight excluding hydrogens is 698 g/mol. The number of carbonyl (C=O) groups excluding carboxylic acids is 5. The molecule has 13 heteroatoms. The lowest BCUT2D eigenvalue weighted by atomic mass is 9.84. The first kappa shape index (κ1) is 40.5. The van der Waals surface area contributed by atoms with Gasteiger partial charge < -0.3 is 30.4 Å². The van der Waals surface area contributed by atoms with Crippen LogP contribution in [0.25, 0.3) is 0 Å². The highest BCUT2D eigenvalue weighted by Crippen LogP contribution is 2.41. The predicted molar refractivity (Wildman–Crippen MR) is 203 cm³/mol. The zero-order valence-corrected chi connectivity index (χ0v) is 33.2. The Kier molecular flexibility index (Phi) is 12.8. The van der Waals surface area contributed by atoms with E-state index < -0.39 is 52.6 Å². The minimum Gasteiger partial charge on any atom is -0.489 e. The van der Waals surface area contributed by atoms with Crippen LogP contribution in [0.4, 0.5) is 0 Å². The second-order valence-electron chi connectivity index (χ2n) is 17.0. The maximum atomic E-state index is 14.7. The van der Waals surface area contributed by atoms with E-state index in [1.807, 2.05) is 54.5 Å². The number of nitrogens with zero attached hydrogens (tertiary/aromatic N) is 2. The first-order valence-corrected chi connectivity index (χ1v) is 19.8. The summed E-state index contributed by atoms with van der Waals surface area (Å²) in [5, 5.41) is 13.5. The second-order valence-corrected chi connectivity index (χ2v) is 17.4. The van der Waals surface area contributed by atoms with Crippen molar-refractivity contribution in [1.82, 2.24) is 20.9 Å². The van der Waals surface area contributed by atoms with E-state index in [1.165, 1.54) is 11.3 Å². The van der Waals surface area contributed by atoms with E-state index in [0.29, 0.717) is 29.3 Å². The number of halogens is 1. The number of rotatable bonds is 14. The van der Waals surface area contributed by atoms with E-state index in [4.69, 9.17) is 21.2 Å². The standard InChI is InChI=1S/C40H58ClN5O7/c1-8-12-29(33(48)37(50)42-27-15-16-27)43-36(49)31-21-40(20-30(45-53-40)26-17-24(4)34(28(41)19-26)52-23(2)3)22-46(31)38(51)35(39(5,6)7)44-32(47)18-25-13-10-9-11-14-25/h17,19,23,25,27,29,31,35H,8-16,18,20-22H2,1-7H3,(H,42,50)(H,43,49)(H,44,47)/t29-,31-,35+,40+/m0/s1. The van der Waals surface area contributed by atoms with E-state index in [1.54, 1.807) is 6.07 Å². The van der Waals surface area contributed by atoms with Crippen LogP contribution in [-0.2, 0) is 28.8 Å². The van der Waals surface area contributed by atoms with Gasteiger partial charge in [-0.3, -0.25) is 24.0 Å². The average molecular weight is 756 g/mol. The normalized spacial score (nSPS) is 22.9. The zero-order chi connectivity index (χ0) is 38.7. The summed E-state index contributed by atoms with van der Waals surface area (Å²) >= 11 is 6.65. The van der Waals surface area contributed by atoms with Crippen LogP contribution in [0.5, 0.6) is 5.75 Å². The molecule has 0 aromatic heterocycles. The van der Waals surface area contributed by atoms with Gasteiger partial charge in [0.05, 0.1) is 29.4 Å². The van der Waals surface area contributed by atoms with Crippen molar-refractivity contribution >= 4 is 46.7 Å². The van der Waals surface area contributed by atoms with Crippen LogP contribution in [0.1, 0.15) is 130 Å². The number of nitrogens with one attached hydrogen (secondary N) is 3. The molecule has 1 spiro atoms. The molecule has 1 aromatic rings. The number of hydrogen-bond acceptors (Lipinski definition) is 8. The molecular formula is C40H58ClN5O7. The van der Waals surface area contributed by atoms with Crippen LogP contribution in [0, 0.1) is 18.3 Å². The van der Waals surface area contributed by atoms with Crippen molar-refractivity contribution in [2.24, 2.45) is 16.5 Å². The Balaban J connectivity index is 1.40. The van der Waals surface area contributed by atoms with Crippen molar-refractivity contribution < 1.29 is 33.5 Å². The van der Waals surface area contributed by atoms with Gasteiger partial charge in [-0.15, -0.1) is 0 Å². The summed E-state index contributed by atoms with van der Waals surface area (Å²) < 4.78 is 5.92. The Morgan fingerprint density at radius 1 is 1.06 bits per heavy atom. The number of likely N-dealkylation sites (tertiary alicyclic amines) is 1. The molecule has 4 amide bonds. The largest absolute Gasteiger partial charge is 0.489 e. The highest BCUT2D eigenvalue weighted by molar-refractivity contribution is 6.38. The smallest absolute Gasteiger partial charge is 0.289 e. The van der Waals surface area contributed by atoms with Crippen LogP contribution in [-0.4, -0.2) is 82.4 Å². The number of ketones is 1. The third-order valence-corrected chi connectivity index (χ3v) is 11.0. The van der Waals surface area contributed by atoms with Crippen molar-refractivity contribution in [3.63, 3.8) is 0 Å². The summed E-state index contributed by atoms with van der Waals surface area (Å²) in [6.45, 7) is 13.3. The van der Waals surface area contributed by atoms with Crippen molar-refractivity contribution in [1.29, 1.82) is 0 Å². The quantitative estimate of drug-likeness (QED) is 0.211. The first-order valence-electron chi connectivity index (χ1n) is 19.5. The maximum Gasteiger partial charge on any atom is 0.289 e. The molecule has 2 heterocycles. The van der Waals surface area contributed by atoms with Crippen LogP contribution in [0.2, 0.25) is 5.02 Å². The molecule has 1 saturated heterocycles. The molecule has 2 saturated carbocycles. The number of Topliss-reactive ketones (excluding diaryl/α,β-unsaturated/α-hetero) is 1. The molecule has 12 nitrogen and oxygen atoms in total. The Labute approximate surface area is 318 Å². The minimum absolute atomic E-state index is 0.0128. The minimum atomic E-state index is -1.05. The summed E-state index contributed by atoms with van der Waals surface area (Å²) in [5.41, 5.74) is 0.444. The van der Waals surface area contributed by atoms with Crippen LogP contribution < -0.4 is 20.7 Å². The lowest BCUT2D eigenvalue weighted by Gasteiger charge is -2.36. The van der Waals surface area contributed by atoms with Crippen LogP contribution in [0.3, 0.4) is 0 Å². The predicted octanol–water partition coefficient (Wildman–Crippen LogP) is 5.53. The van der Waals surface area contributed by atoms with Gasteiger partial charge in [-0.05, 0) is 81.9 Å². The Morgan fingerprint density at radius 2 is 1.75 bits per heavy atom. The van der Waals surface area contributed by atoms with Crippen molar-refractivity contribution in [2.45, 2.75) is 161 Å². The number of benzene rings is 1. The third kappa shape index (κ3) is 10.1. The molecule has 5 rings (SSSR count). The van der Waals surface area contributed by atoms with Gasteiger partial charge in [0.2, 0.25) is 23.5 Å². The Morgan fingerprint density at radius 3 is 2.36 bits per heavy atom. The van der Waals surface area contributed by atoms with Gasteiger partial charge in [0.15, 0.2) is 5.60 Å². The molecule has 1 aromatic carbocycles. The molecule has 3 fully saturated rings. The SMILES string of the molecule is CCC[C@H](NC(=O)[C@@H]1C[C@]2(CC(c3cc(C)c(OC(C)C)c(Cl)c3)=NO2)CN1C(=O)[C@@H](NC(=O)CC1CCCCC1)C(C)(C)C)C(=O)C(=O)NC1CC1. The molecule has 4 aliphatic rings. The molecule has 4 atom stereocenters. The number of oxime groups is 1. The topological polar surface area (TPSA) is 156 Å². The molecule has 0 bridgehead atoms. The number of carbonyl (C=O) groups is 5. The van der Waals surface area contributed by atoms with E-state index in [0.717, 1.165) is 49.7 Å². The maximum absolute atomic E-state index is 14.7. The highest BCUT2D eigenvalue weighted by atomic mass is 35.5. The number of ether oxygens (including phenoxy) is 1. The molecule has 2 aliphatic carbocycles. The van der Waals surface area contributed by atoms with Crippen molar-refractivity contribution in [3.8, 4) is 5.75 Å². The zero-order valence-electron chi connectivity index (χ0n) is 32.4. The molecule has 53 heavy (non-hydrogen) atoms. The average Bonchev–Trinajstić information content (AvgIpc) is 3.68. The monoisotopic (exact) mass is 755 g/mol. The van der Waals surface area contributed by atoms with Crippen LogP contribution >= 0.6 is 11.6 Å². The van der Waals surface area contributed by atoms with E-state index in [9.17, 15) is 24.0 Å². The Hall–Kier alpha value is -3.67. The van der Waals surface area contributed by atoms with Gasteiger partial charge in [0, 0.05) is 30.9 Å². The van der Waals surface area contributed by atoms with Crippen LogP contribution in [0.15, 0.2) is 17.3 Å².